The van der Waals surface area contributed by atoms with Gasteiger partial charge in [0.15, 0.2) is 0 Å². The summed E-state index contributed by atoms with van der Waals surface area (Å²) in [5.74, 6) is 0.254. The van der Waals surface area contributed by atoms with Crippen molar-refractivity contribution < 1.29 is 9.90 Å². The van der Waals surface area contributed by atoms with Crippen molar-refractivity contribution in [3.8, 4) is 0 Å². The Morgan fingerprint density at radius 3 is 3.06 bits per heavy atom. The predicted molar refractivity (Wildman–Crippen MR) is 69.2 cm³/mol. The molecule has 2 heterocycles. The lowest BCUT2D eigenvalue weighted by Crippen LogP contribution is -2.38. The van der Waals surface area contributed by atoms with Gasteiger partial charge >= 0.3 is 0 Å². The van der Waals surface area contributed by atoms with Gasteiger partial charge in [0.2, 0.25) is 0 Å². The molecule has 0 aliphatic carbocycles. The highest BCUT2D eigenvalue weighted by atomic mass is 16.3. The number of carbonyl (C=O) groups is 1. The van der Waals surface area contributed by atoms with Crippen LogP contribution in [0.15, 0.2) is 12.3 Å². The molecule has 1 aromatic rings. The van der Waals surface area contributed by atoms with E-state index < -0.39 is 5.91 Å². The molecule has 98 valence electrons. The van der Waals surface area contributed by atoms with Crippen LogP contribution in [0.2, 0.25) is 0 Å². The monoisotopic (exact) mass is 250 g/mol. The summed E-state index contributed by atoms with van der Waals surface area (Å²) >= 11 is 0. The molecule has 0 aromatic carbocycles. The van der Waals surface area contributed by atoms with Crippen LogP contribution in [0.25, 0.3) is 0 Å². The van der Waals surface area contributed by atoms with Crippen molar-refractivity contribution in [2.75, 3.05) is 30.3 Å². The van der Waals surface area contributed by atoms with E-state index in [0.717, 1.165) is 19.4 Å². The van der Waals surface area contributed by atoms with E-state index >= 15 is 0 Å². The van der Waals surface area contributed by atoms with E-state index in [1.54, 1.807) is 6.07 Å². The number of rotatable bonds is 3. The molecule has 1 atom stereocenters. The summed E-state index contributed by atoms with van der Waals surface area (Å²) in [6, 6.07) is 1.55. The molecule has 1 saturated heterocycles. The van der Waals surface area contributed by atoms with Crippen molar-refractivity contribution >= 4 is 17.4 Å². The molecule has 1 amide bonds. The largest absolute Gasteiger partial charge is 0.397 e. The highest BCUT2D eigenvalue weighted by molar-refractivity contribution is 5.98. The zero-order valence-corrected chi connectivity index (χ0v) is 10.2. The van der Waals surface area contributed by atoms with Gasteiger partial charge in [0.25, 0.3) is 5.91 Å². The Hall–Kier alpha value is -1.82. The number of carbonyl (C=O) groups excluding carboxylic acids is 1. The summed E-state index contributed by atoms with van der Waals surface area (Å²) in [6.45, 7) is 1.65. The fourth-order valence-corrected chi connectivity index (χ4v) is 2.31. The van der Waals surface area contributed by atoms with Crippen LogP contribution in [-0.4, -0.2) is 35.7 Å². The van der Waals surface area contributed by atoms with Crippen LogP contribution in [0, 0.1) is 5.92 Å². The summed E-state index contributed by atoms with van der Waals surface area (Å²) in [7, 11) is 0. The Bertz CT molecular complexity index is 450. The minimum atomic E-state index is -0.532. The summed E-state index contributed by atoms with van der Waals surface area (Å²) in [4.78, 5) is 17.6. The molecule has 1 aromatic heterocycles. The van der Waals surface area contributed by atoms with E-state index in [-0.39, 0.29) is 12.5 Å². The normalized spacial score (nSPS) is 19.8. The lowest BCUT2D eigenvalue weighted by molar-refractivity contribution is 0.100. The average Bonchev–Trinajstić information content (AvgIpc) is 2.38. The van der Waals surface area contributed by atoms with Gasteiger partial charge in [-0.2, -0.15) is 0 Å². The molecule has 5 N–H and O–H groups in total. The van der Waals surface area contributed by atoms with E-state index in [9.17, 15) is 9.90 Å². The molecule has 6 heteroatoms. The SMILES string of the molecule is NC(=O)c1cc(N)cnc1N1CCCC(CO)C1. The number of nitrogen functional groups attached to an aromatic ring is 1. The average molecular weight is 250 g/mol. The molecule has 0 bridgehead atoms. The van der Waals surface area contributed by atoms with E-state index in [0.29, 0.717) is 23.6 Å². The summed E-state index contributed by atoms with van der Waals surface area (Å²) in [5, 5.41) is 9.22. The quantitative estimate of drug-likeness (QED) is 0.698. The first-order chi connectivity index (χ1) is 8.61. The minimum Gasteiger partial charge on any atom is -0.397 e. The summed E-state index contributed by atoms with van der Waals surface area (Å²) in [6.07, 6.45) is 3.48. The Morgan fingerprint density at radius 1 is 1.61 bits per heavy atom. The van der Waals surface area contributed by atoms with E-state index in [1.807, 2.05) is 4.90 Å². The second kappa shape index (κ2) is 5.22. The first kappa shape index (κ1) is 12.6. The van der Waals surface area contributed by atoms with Gasteiger partial charge in [-0.15, -0.1) is 0 Å². The topological polar surface area (TPSA) is 105 Å². The fraction of sp³-hybridized carbons (Fsp3) is 0.500. The molecule has 0 spiro atoms. The number of pyridine rings is 1. The third kappa shape index (κ3) is 2.53. The number of anilines is 2. The Balaban J connectivity index is 2.29. The maximum atomic E-state index is 11.4. The van der Waals surface area contributed by atoms with E-state index in [4.69, 9.17) is 11.5 Å². The van der Waals surface area contributed by atoms with Crippen LogP contribution < -0.4 is 16.4 Å². The number of nitrogens with two attached hydrogens (primary N) is 2. The molecular formula is C12H18N4O2. The number of aromatic nitrogens is 1. The highest BCUT2D eigenvalue weighted by Crippen LogP contribution is 2.25. The second-order valence-electron chi connectivity index (χ2n) is 4.64. The van der Waals surface area contributed by atoms with Gasteiger partial charge in [-0.25, -0.2) is 4.98 Å². The molecule has 2 rings (SSSR count). The zero-order valence-electron chi connectivity index (χ0n) is 10.2. The molecule has 6 nitrogen and oxygen atoms in total. The van der Waals surface area contributed by atoms with Gasteiger partial charge in [0.05, 0.1) is 17.4 Å². The number of piperidine rings is 1. The molecular weight excluding hydrogens is 232 g/mol. The van der Waals surface area contributed by atoms with Crippen molar-refractivity contribution in [2.24, 2.45) is 11.7 Å². The molecule has 1 aliphatic rings. The Labute approximate surface area is 106 Å². The smallest absolute Gasteiger partial charge is 0.252 e. The number of amides is 1. The van der Waals surface area contributed by atoms with E-state index in [1.165, 1.54) is 6.20 Å². The third-order valence-corrected chi connectivity index (χ3v) is 3.23. The first-order valence-electron chi connectivity index (χ1n) is 6.03. The number of nitrogens with zero attached hydrogens (tertiary/aromatic N) is 2. The van der Waals surface area contributed by atoms with Crippen molar-refractivity contribution in [3.63, 3.8) is 0 Å². The van der Waals surface area contributed by atoms with Crippen LogP contribution in [0.1, 0.15) is 23.2 Å². The number of aliphatic hydroxyl groups excluding tert-OH is 1. The lowest BCUT2D eigenvalue weighted by Gasteiger charge is -2.33. The van der Waals surface area contributed by atoms with Gasteiger partial charge in [0, 0.05) is 19.7 Å². The number of hydrogen-bond donors (Lipinski definition) is 3. The van der Waals surface area contributed by atoms with Gasteiger partial charge in [-0.1, -0.05) is 0 Å². The summed E-state index contributed by atoms with van der Waals surface area (Å²) < 4.78 is 0. The standard InChI is InChI=1S/C12H18N4O2/c13-9-4-10(11(14)18)12(15-5-9)16-3-1-2-8(6-16)7-17/h4-5,8,17H,1-3,6-7,13H2,(H2,14,18). The Kier molecular flexibility index (Phi) is 3.66. The van der Waals surface area contributed by atoms with Crippen LogP contribution in [0.5, 0.6) is 0 Å². The third-order valence-electron chi connectivity index (χ3n) is 3.23. The Morgan fingerprint density at radius 2 is 2.39 bits per heavy atom. The molecule has 18 heavy (non-hydrogen) atoms. The minimum absolute atomic E-state index is 0.150. The number of aliphatic hydroxyl groups is 1. The molecule has 0 saturated carbocycles. The fourth-order valence-electron chi connectivity index (χ4n) is 2.31. The van der Waals surface area contributed by atoms with Crippen molar-refractivity contribution in [1.82, 2.24) is 4.98 Å². The lowest BCUT2D eigenvalue weighted by atomic mass is 9.98. The molecule has 1 unspecified atom stereocenters. The molecule has 1 aliphatic heterocycles. The predicted octanol–water partition coefficient (Wildman–Crippen LogP) is -0.0286. The zero-order chi connectivity index (χ0) is 13.1. The number of hydrogen-bond acceptors (Lipinski definition) is 5. The molecule has 0 radical (unpaired) electrons. The van der Waals surface area contributed by atoms with E-state index in [2.05, 4.69) is 4.98 Å². The summed E-state index contributed by atoms with van der Waals surface area (Å²) in [5.41, 5.74) is 11.7. The van der Waals surface area contributed by atoms with Crippen LogP contribution in [0.4, 0.5) is 11.5 Å². The van der Waals surface area contributed by atoms with Crippen LogP contribution >= 0.6 is 0 Å². The van der Waals surface area contributed by atoms with Gasteiger partial charge in [-0.3, -0.25) is 4.79 Å². The van der Waals surface area contributed by atoms with Crippen molar-refractivity contribution in [3.05, 3.63) is 17.8 Å². The van der Waals surface area contributed by atoms with Gasteiger partial charge in [-0.05, 0) is 24.8 Å². The van der Waals surface area contributed by atoms with Crippen LogP contribution in [0.3, 0.4) is 0 Å². The van der Waals surface area contributed by atoms with Gasteiger partial charge < -0.3 is 21.5 Å². The second-order valence-corrected chi connectivity index (χ2v) is 4.64. The molecule has 1 fully saturated rings. The maximum absolute atomic E-state index is 11.4. The van der Waals surface area contributed by atoms with Crippen LogP contribution in [-0.2, 0) is 0 Å². The van der Waals surface area contributed by atoms with Crippen molar-refractivity contribution in [1.29, 1.82) is 0 Å². The number of primary amides is 1. The van der Waals surface area contributed by atoms with Gasteiger partial charge in [0.1, 0.15) is 5.82 Å². The highest BCUT2D eigenvalue weighted by Gasteiger charge is 2.23. The maximum Gasteiger partial charge on any atom is 0.252 e. The first-order valence-corrected chi connectivity index (χ1v) is 6.03. The van der Waals surface area contributed by atoms with Crippen molar-refractivity contribution in [2.45, 2.75) is 12.8 Å².